The molecule has 0 radical (unpaired) electrons. The van der Waals surface area contributed by atoms with Crippen LogP contribution < -0.4 is 15.4 Å². The lowest BCUT2D eigenvalue weighted by Crippen LogP contribution is -2.38. The van der Waals surface area contributed by atoms with E-state index in [-0.39, 0.29) is 42.4 Å². The Kier molecular flexibility index (Phi) is 12.6. The van der Waals surface area contributed by atoms with Crippen molar-refractivity contribution in [1.82, 2.24) is 10.6 Å². The first-order valence-electron chi connectivity index (χ1n) is 8.86. The van der Waals surface area contributed by atoms with Crippen LogP contribution in [0.4, 0.5) is 0 Å². The van der Waals surface area contributed by atoms with Gasteiger partial charge in [0.15, 0.2) is 5.96 Å². The number of sulfone groups is 1. The van der Waals surface area contributed by atoms with E-state index in [4.69, 9.17) is 4.74 Å². The molecule has 0 saturated heterocycles. The summed E-state index contributed by atoms with van der Waals surface area (Å²) in [6.07, 6.45) is 1.10. The first-order valence-corrected chi connectivity index (χ1v) is 10.9. The van der Waals surface area contributed by atoms with Crippen LogP contribution in [0.5, 0.6) is 5.75 Å². The summed E-state index contributed by atoms with van der Waals surface area (Å²) in [4.78, 5) is 4.36. The Bertz CT molecular complexity index is 664. The maximum absolute atomic E-state index is 11.1. The maximum Gasteiger partial charge on any atom is 0.191 e. The second-order valence-corrected chi connectivity index (χ2v) is 8.64. The van der Waals surface area contributed by atoms with Gasteiger partial charge < -0.3 is 20.5 Å². The average molecular weight is 513 g/mol. The Morgan fingerprint density at radius 1 is 1.22 bits per heavy atom. The van der Waals surface area contributed by atoms with Crippen molar-refractivity contribution in [2.45, 2.75) is 39.4 Å². The standard InChI is InChI=1S/C18H31N3O4S.HI/c1-5-19-18(20-11-6-12-26(4,23)24)21-13-17(22)15-7-9-16(10-8-15)25-14(2)3;/h7-10,14,17,22H,5-6,11-13H2,1-4H3,(H2,19,20,21);1H. The van der Waals surface area contributed by atoms with Crippen molar-refractivity contribution in [1.29, 1.82) is 0 Å². The number of ether oxygens (including phenoxy) is 1. The third-order valence-electron chi connectivity index (χ3n) is 3.39. The molecule has 0 bridgehead atoms. The van der Waals surface area contributed by atoms with Crippen LogP contribution in [0.15, 0.2) is 29.3 Å². The number of guanidine groups is 1. The summed E-state index contributed by atoms with van der Waals surface area (Å²) in [6.45, 7) is 7.24. The van der Waals surface area contributed by atoms with Gasteiger partial charge >= 0.3 is 0 Å². The summed E-state index contributed by atoms with van der Waals surface area (Å²) in [5.74, 6) is 1.45. The summed E-state index contributed by atoms with van der Waals surface area (Å²) in [5.41, 5.74) is 0.762. The molecule has 1 aromatic rings. The summed E-state index contributed by atoms with van der Waals surface area (Å²) in [6, 6.07) is 7.31. The van der Waals surface area contributed by atoms with Gasteiger partial charge in [-0.1, -0.05) is 12.1 Å². The molecule has 156 valence electrons. The largest absolute Gasteiger partial charge is 0.491 e. The Morgan fingerprint density at radius 2 is 1.85 bits per heavy atom. The summed E-state index contributed by atoms with van der Waals surface area (Å²) < 4.78 is 27.9. The molecule has 3 N–H and O–H groups in total. The van der Waals surface area contributed by atoms with Crippen LogP contribution >= 0.6 is 24.0 Å². The van der Waals surface area contributed by atoms with Crippen LogP contribution in [-0.4, -0.2) is 57.2 Å². The highest BCUT2D eigenvalue weighted by Crippen LogP contribution is 2.19. The first-order chi connectivity index (χ1) is 12.2. The van der Waals surface area contributed by atoms with Gasteiger partial charge in [-0.05, 0) is 44.9 Å². The lowest BCUT2D eigenvalue weighted by atomic mass is 10.1. The smallest absolute Gasteiger partial charge is 0.191 e. The minimum atomic E-state index is -2.96. The topological polar surface area (TPSA) is 100 Å². The molecule has 0 aliphatic rings. The predicted octanol–water partition coefficient (Wildman–Crippen LogP) is 2.12. The molecular weight excluding hydrogens is 481 g/mol. The molecule has 1 unspecified atom stereocenters. The quantitative estimate of drug-likeness (QED) is 0.192. The molecular formula is C18H32IN3O4S. The molecule has 0 heterocycles. The number of hydrogen-bond acceptors (Lipinski definition) is 5. The van der Waals surface area contributed by atoms with Gasteiger partial charge in [-0.2, -0.15) is 0 Å². The molecule has 0 spiro atoms. The van der Waals surface area contributed by atoms with Crippen molar-refractivity contribution in [3.63, 3.8) is 0 Å². The number of aliphatic hydroxyl groups is 1. The maximum atomic E-state index is 11.1. The van der Waals surface area contributed by atoms with Crippen LogP contribution in [-0.2, 0) is 9.84 Å². The number of aliphatic imine (C=N–C) groups is 1. The SMILES string of the molecule is CCNC(=NCC(O)c1ccc(OC(C)C)cc1)NCCCS(C)(=O)=O.I. The van der Waals surface area contributed by atoms with Gasteiger partial charge in [-0.3, -0.25) is 4.99 Å². The van der Waals surface area contributed by atoms with E-state index in [1.165, 1.54) is 6.26 Å². The molecule has 0 aliphatic carbocycles. The minimum Gasteiger partial charge on any atom is -0.491 e. The predicted molar refractivity (Wildman–Crippen MR) is 121 cm³/mol. The van der Waals surface area contributed by atoms with Gasteiger partial charge in [0.1, 0.15) is 15.6 Å². The Labute approximate surface area is 179 Å². The molecule has 0 fully saturated rings. The van der Waals surface area contributed by atoms with Crippen LogP contribution in [0.25, 0.3) is 0 Å². The van der Waals surface area contributed by atoms with E-state index >= 15 is 0 Å². The number of aliphatic hydroxyl groups excluding tert-OH is 1. The van der Waals surface area contributed by atoms with Gasteiger partial charge in [-0.25, -0.2) is 8.42 Å². The highest BCUT2D eigenvalue weighted by Gasteiger charge is 2.09. The zero-order valence-corrected chi connectivity index (χ0v) is 19.6. The van der Waals surface area contributed by atoms with Crippen molar-refractivity contribution in [3.8, 4) is 5.75 Å². The lowest BCUT2D eigenvalue weighted by Gasteiger charge is -2.14. The summed E-state index contributed by atoms with van der Waals surface area (Å²) in [5, 5.41) is 16.5. The first kappa shape index (κ1) is 25.9. The Morgan fingerprint density at radius 3 is 2.37 bits per heavy atom. The monoisotopic (exact) mass is 513 g/mol. The van der Waals surface area contributed by atoms with Crippen molar-refractivity contribution in [3.05, 3.63) is 29.8 Å². The molecule has 7 nitrogen and oxygen atoms in total. The average Bonchev–Trinajstić information content (AvgIpc) is 2.55. The van der Waals surface area contributed by atoms with E-state index in [9.17, 15) is 13.5 Å². The molecule has 0 amide bonds. The van der Waals surface area contributed by atoms with Crippen LogP contribution in [0.2, 0.25) is 0 Å². The highest BCUT2D eigenvalue weighted by atomic mass is 127. The molecule has 0 aromatic heterocycles. The fourth-order valence-electron chi connectivity index (χ4n) is 2.21. The summed E-state index contributed by atoms with van der Waals surface area (Å²) >= 11 is 0. The minimum absolute atomic E-state index is 0. The molecule has 9 heteroatoms. The fraction of sp³-hybridized carbons (Fsp3) is 0.611. The molecule has 0 aliphatic heterocycles. The number of benzene rings is 1. The Hall–Kier alpha value is -1.07. The second kappa shape index (κ2) is 13.2. The lowest BCUT2D eigenvalue weighted by molar-refractivity contribution is 0.186. The number of hydrogen-bond donors (Lipinski definition) is 3. The highest BCUT2D eigenvalue weighted by molar-refractivity contribution is 14.0. The number of nitrogens with one attached hydrogen (secondary N) is 2. The van der Waals surface area contributed by atoms with E-state index in [2.05, 4.69) is 15.6 Å². The number of halogens is 1. The van der Waals surface area contributed by atoms with Gasteiger partial charge in [0.25, 0.3) is 0 Å². The van der Waals surface area contributed by atoms with Gasteiger partial charge in [0.2, 0.25) is 0 Å². The van der Waals surface area contributed by atoms with Gasteiger partial charge in [-0.15, -0.1) is 24.0 Å². The zero-order valence-electron chi connectivity index (χ0n) is 16.4. The normalized spacial score (nSPS) is 13.0. The third kappa shape index (κ3) is 12.1. The van der Waals surface area contributed by atoms with E-state index in [0.29, 0.717) is 25.5 Å². The second-order valence-electron chi connectivity index (χ2n) is 6.38. The van der Waals surface area contributed by atoms with Gasteiger partial charge in [0.05, 0.1) is 24.5 Å². The molecule has 0 saturated carbocycles. The molecule has 1 rings (SSSR count). The number of rotatable bonds is 10. The molecule has 1 atom stereocenters. The fourth-order valence-corrected chi connectivity index (χ4v) is 2.88. The van der Waals surface area contributed by atoms with Crippen LogP contribution in [0, 0.1) is 0 Å². The van der Waals surface area contributed by atoms with E-state index in [1.54, 1.807) is 0 Å². The van der Waals surface area contributed by atoms with Crippen LogP contribution in [0.1, 0.15) is 38.9 Å². The van der Waals surface area contributed by atoms with Crippen molar-refractivity contribution < 1.29 is 18.3 Å². The third-order valence-corrected chi connectivity index (χ3v) is 4.42. The molecule has 1 aromatic carbocycles. The van der Waals surface area contributed by atoms with Crippen molar-refractivity contribution in [2.75, 3.05) is 31.6 Å². The van der Waals surface area contributed by atoms with E-state index in [1.807, 2.05) is 45.0 Å². The van der Waals surface area contributed by atoms with E-state index in [0.717, 1.165) is 11.3 Å². The van der Waals surface area contributed by atoms with E-state index < -0.39 is 15.9 Å². The number of nitrogens with zero attached hydrogens (tertiary/aromatic N) is 1. The van der Waals surface area contributed by atoms with Crippen molar-refractivity contribution in [2.24, 2.45) is 4.99 Å². The van der Waals surface area contributed by atoms with Crippen molar-refractivity contribution >= 4 is 39.8 Å². The van der Waals surface area contributed by atoms with Gasteiger partial charge in [0, 0.05) is 19.3 Å². The molecule has 27 heavy (non-hydrogen) atoms. The zero-order chi connectivity index (χ0) is 19.6. The Balaban J connectivity index is 0.00000676. The summed E-state index contributed by atoms with van der Waals surface area (Å²) in [7, 11) is -2.96. The van der Waals surface area contributed by atoms with Crippen LogP contribution in [0.3, 0.4) is 0 Å².